The van der Waals surface area contributed by atoms with Crippen LogP contribution in [-0.2, 0) is 24.2 Å². The van der Waals surface area contributed by atoms with Crippen molar-refractivity contribution in [1.29, 1.82) is 0 Å². The third-order valence-corrected chi connectivity index (χ3v) is 3.24. The number of hydrogen-bond acceptors (Lipinski definition) is 3. The zero-order valence-electron chi connectivity index (χ0n) is 8.36. The number of hydrogen-bond donors (Lipinski definition) is 2. The molecule has 0 spiro atoms. The van der Waals surface area contributed by atoms with Gasteiger partial charge in [-0.1, -0.05) is 0 Å². The number of nitrogens with one attached hydrogen (secondary N) is 1. The number of carboxylic acid groups (broad SMARTS) is 1. The van der Waals surface area contributed by atoms with Crippen molar-refractivity contribution in [2.45, 2.75) is 25.8 Å². The van der Waals surface area contributed by atoms with Crippen LogP contribution in [0.1, 0.15) is 17.9 Å². The van der Waals surface area contributed by atoms with Crippen molar-refractivity contribution in [1.82, 2.24) is 9.55 Å². The van der Waals surface area contributed by atoms with E-state index in [1.165, 1.54) is 0 Å². The minimum absolute atomic E-state index is 0.252. The maximum Gasteiger partial charge on any atom is 0.308 e. The molecule has 1 unspecified atom stereocenters. The number of aromatic nitrogens is 2. The monoisotopic (exact) mass is 207 g/mol. The summed E-state index contributed by atoms with van der Waals surface area (Å²) in [6, 6.07) is 0. The molecule has 3 heterocycles. The third-order valence-electron chi connectivity index (χ3n) is 3.24. The van der Waals surface area contributed by atoms with E-state index in [1.54, 1.807) is 0 Å². The largest absolute Gasteiger partial charge is 0.481 e. The summed E-state index contributed by atoms with van der Waals surface area (Å²) in [4.78, 5) is 15.5. The van der Waals surface area contributed by atoms with E-state index in [0.29, 0.717) is 13.0 Å². The second-order valence-electron chi connectivity index (χ2n) is 4.18. The van der Waals surface area contributed by atoms with E-state index < -0.39 is 5.97 Å². The lowest BCUT2D eigenvalue weighted by molar-refractivity contribution is -0.142. The molecule has 0 radical (unpaired) electrons. The number of aryl methyl sites for hydroxylation is 1. The maximum atomic E-state index is 10.9. The van der Waals surface area contributed by atoms with E-state index >= 15 is 0 Å². The molecule has 80 valence electrons. The second kappa shape index (κ2) is 2.98. The van der Waals surface area contributed by atoms with E-state index in [9.17, 15) is 4.79 Å². The first-order valence-corrected chi connectivity index (χ1v) is 5.30. The molecule has 3 rings (SSSR count). The predicted molar refractivity (Wildman–Crippen MR) is 53.9 cm³/mol. The fourth-order valence-electron chi connectivity index (χ4n) is 2.43. The summed E-state index contributed by atoms with van der Waals surface area (Å²) in [6.07, 6.45) is 2.46. The lowest BCUT2D eigenvalue weighted by Gasteiger charge is -2.21. The molecule has 2 aliphatic heterocycles. The van der Waals surface area contributed by atoms with Crippen molar-refractivity contribution in [2.75, 3.05) is 11.9 Å². The van der Waals surface area contributed by atoms with Gasteiger partial charge in [0, 0.05) is 25.9 Å². The molecule has 0 aromatic carbocycles. The molecule has 1 atom stereocenters. The lowest BCUT2D eigenvalue weighted by Crippen LogP contribution is -2.27. The summed E-state index contributed by atoms with van der Waals surface area (Å²) in [5, 5.41) is 12.3. The summed E-state index contributed by atoms with van der Waals surface area (Å²) in [5.41, 5.74) is 1.11. The van der Waals surface area contributed by atoms with Gasteiger partial charge in [-0.3, -0.25) is 4.79 Å². The van der Waals surface area contributed by atoms with Gasteiger partial charge in [0.2, 0.25) is 0 Å². The molecule has 2 N–H and O–H groups in total. The van der Waals surface area contributed by atoms with Gasteiger partial charge in [0.15, 0.2) is 0 Å². The Morgan fingerprint density at radius 3 is 3.20 bits per heavy atom. The average Bonchev–Trinajstić information content (AvgIpc) is 2.75. The summed E-state index contributed by atoms with van der Waals surface area (Å²) in [5.74, 6) is 1.15. The quantitative estimate of drug-likeness (QED) is 0.703. The molecule has 0 saturated carbocycles. The van der Waals surface area contributed by atoms with E-state index in [-0.39, 0.29) is 5.92 Å². The molecule has 1 aromatic rings. The number of carboxylic acids is 1. The summed E-state index contributed by atoms with van der Waals surface area (Å²) in [6.45, 7) is 1.50. The first kappa shape index (κ1) is 8.76. The Morgan fingerprint density at radius 1 is 1.53 bits per heavy atom. The van der Waals surface area contributed by atoms with Crippen LogP contribution in [0.3, 0.4) is 0 Å². The number of aliphatic carboxylic acids is 1. The minimum atomic E-state index is -0.693. The first-order valence-electron chi connectivity index (χ1n) is 5.30. The van der Waals surface area contributed by atoms with Gasteiger partial charge in [-0.05, 0) is 6.42 Å². The van der Waals surface area contributed by atoms with Crippen molar-refractivity contribution < 1.29 is 9.90 Å². The molecule has 0 amide bonds. The molecular weight excluding hydrogens is 194 g/mol. The normalized spacial score (nSPS) is 23.1. The van der Waals surface area contributed by atoms with Crippen LogP contribution in [0.5, 0.6) is 0 Å². The van der Waals surface area contributed by atoms with Crippen LogP contribution in [0.4, 0.5) is 5.82 Å². The Morgan fingerprint density at radius 2 is 2.40 bits per heavy atom. The average molecular weight is 207 g/mol. The van der Waals surface area contributed by atoms with Gasteiger partial charge in [0.25, 0.3) is 0 Å². The molecule has 0 saturated heterocycles. The van der Waals surface area contributed by atoms with Crippen LogP contribution in [-0.4, -0.2) is 27.2 Å². The third kappa shape index (κ3) is 1.22. The molecule has 0 aliphatic carbocycles. The van der Waals surface area contributed by atoms with E-state index in [2.05, 4.69) is 10.3 Å². The van der Waals surface area contributed by atoms with Crippen molar-refractivity contribution >= 4 is 11.8 Å². The fourth-order valence-corrected chi connectivity index (χ4v) is 2.43. The first-order chi connectivity index (χ1) is 7.25. The number of nitrogens with zero attached hydrogens (tertiary/aromatic N) is 2. The minimum Gasteiger partial charge on any atom is -0.481 e. The zero-order valence-corrected chi connectivity index (χ0v) is 8.36. The highest BCUT2D eigenvalue weighted by molar-refractivity contribution is 5.70. The Balaban J connectivity index is 1.97. The molecule has 5 nitrogen and oxygen atoms in total. The number of fused-ring (bicyclic) bond motifs is 3. The highest BCUT2D eigenvalue weighted by Crippen LogP contribution is 2.29. The van der Waals surface area contributed by atoms with Crippen LogP contribution < -0.4 is 5.32 Å². The Labute approximate surface area is 87.1 Å². The van der Waals surface area contributed by atoms with Gasteiger partial charge in [-0.15, -0.1) is 0 Å². The topological polar surface area (TPSA) is 67.1 Å². The van der Waals surface area contributed by atoms with Crippen LogP contribution in [0.25, 0.3) is 0 Å². The highest BCUT2D eigenvalue weighted by atomic mass is 16.4. The summed E-state index contributed by atoms with van der Waals surface area (Å²) in [7, 11) is 0. The molecule has 5 heteroatoms. The van der Waals surface area contributed by atoms with Gasteiger partial charge < -0.3 is 15.0 Å². The second-order valence-corrected chi connectivity index (χ2v) is 4.18. The van der Waals surface area contributed by atoms with Crippen LogP contribution in [0.2, 0.25) is 0 Å². The zero-order chi connectivity index (χ0) is 10.4. The Hall–Kier alpha value is -1.52. The van der Waals surface area contributed by atoms with Gasteiger partial charge >= 0.3 is 5.97 Å². The highest BCUT2D eigenvalue weighted by Gasteiger charge is 2.29. The van der Waals surface area contributed by atoms with Crippen molar-refractivity contribution in [3.05, 3.63) is 11.5 Å². The summed E-state index contributed by atoms with van der Waals surface area (Å²) >= 11 is 0. The number of imidazole rings is 1. The van der Waals surface area contributed by atoms with Crippen LogP contribution >= 0.6 is 0 Å². The molecule has 15 heavy (non-hydrogen) atoms. The standard InChI is InChI=1S/C10H13N3O2/c14-10(15)6-1-2-8-12-7-3-4-11-9(7)13(8)5-6/h6,11H,1-5H2,(H,14,15). The molecule has 1 aromatic heterocycles. The van der Waals surface area contributed by atoms with Crippen LogP contribution in [0.15, 0.2) is 0 Å². The molecule has 0 bridgehead atoms. The molecule has 2 aliphatic rings. The molecule has 0 fully saturated rings. The van der Waals surface area contributed by atoms with E-state index in [1.807, 2.05) is 4.57 Å². The van der Waals surface area contributed by atoms with Gasteiger partial charge in [0.05, 0.1) is 11.6 Å². The van der Waals surface area contributed by atoms with Crippen LogP contribution in [0, 0.1) is 5.92 Å². The number of anilines is 1. The van der Waals surface area contributed by atoms with Crippen molar-refractivity contribution in [2.24, 2.45) is 5.92 Å². The Bertz CT molecular complexity index is 425. The van der Waals surface area contributed by atoms with Crippen molar-refractivity contribution in [3.8, 4) is 0 Å². The van der Waals surface area contributed by atoms with Crippen molar-refractivity contribution in [3.63, 3.8) is 0 Å². The smallest absolute Gasteiger partial charge is 0.308 e. The van der Waals surface area contributed by atoms with Gasteiger partial charge in [-0.2, -0.15) is 0 Å². The maximum absolute atomic E-state index is 10.9. The van der Waals surface area contributed by atoms with Gasteiger partial charge in [0.1, 0.15) is 11.6 Å². The predicted octanol–water partition coefficient (Wildman–Crippen LogP) is 0.498. The lowest BCUT2D eigenvalue weighted by atomic mass is 10.00. The van der Waals surface area contributed by atoms with Gasteiger partial charge in [-0.25, -0.2) is 4.98 Å². The molecular formula is C10H13N3O2. The number of rotatable bonds is 1. The summed E-state index contributed by atoms with van der Waals surface area (Å²) < 4.78 is 2.05. The van der Waals surface area contributed by atoms with E-state index in [4.69, 9.17) is 5.11 Å². The SMILES string of the molecule is O=C(O)C1CCc2nc3c(n2C1)NCC3. The van der Waals surface area contributed by atoms with E-state index in [0.717, 1.165) is 36.7 Å². The number of carbonyl (C=O) groups is 1. The Kier molecular flexibility index (Phi) is 1.74. The fraction of sp³-hybridized carbons (Fsp3) is 0.600.